The van der Waals surface area contributed by atoms with Gasteiger partial charge < -0.3 is 15.5 Å². The lowest BCUT2D eigenvalue weighted by atomic mass is 9.68. The second-order valence-corrected chi connectivity index (χ2v) is 13.3. The number of rotatable bonds is 9. The van der Waals surface area contributed by atoms with Crippen LogP contribution in [-0.2, 0) is 0 Å². The van der Waals surface area contributed by atoms with Gasteiger partial charge in [0.25, 0.3) is 0 Å². The molecule has 5 nitrogen and oxygen atoms in total. The van der Waals surface area contributed by atoms with Gasteiger partial charge >= 0.3 is 0 Å². The van der Waals surface area contributed by atoms with Gasteiger partial charge in [-0.15, -0.1) is 0 Å². The largest absolute Gasteiger partial charge is 0.393 e. The third kappa shape index (κ3) is 4.95. The third-order valence-corrected chi connectivity index (χ3v) is 11.2. The Morgan fingerprint density at radius 2 is 1.86 bits per heavy atom. The summed E-state index contributed by atoms with van der Waals surface area (Å²) in [6.45, 7) is 3.09. The van der Waals surface area contributed by atoms with Crippen LogP contribution in [0.15, 0.2) is 24.3 Å². The molecule has 6 rings (SSSR count). The molecule has 0 radical (unpaired) electrons. The molecule has 0 spiro atoms. The van der Waals surface area contributed by atoms with E-state index in [-0.39, 0.29) is 12.0 Å². The second kappa shape index (κ2) is 10.7. The molecule has 2 saturated carbocycles. The molecule has 3 heterocycles. The number of benzene rings is 1. The molecule has 204 valence electrons. The lowest BCUT2D eigenvalue weighted by Crippen LogP contribution is -2.52. The van der Waals surface area contributed by atoms with Gasteiger partial charge in [-0.25, -0.2) is 0 Å². The van der Waals surface area contributed by atoms with E-state index >= 15 is 0 Å². The van der Waals surface area contributed by atoms with E-state index in [2.05, 4.69) is 29.3 Å². The Balaban J connectivity index is 1.22. The van der Waals surface area contributed by atoms with Gasteiger partial charge in [-0.1, -0.05) is 69.7 Å². The Labute approximate surface area is 223 Å². The third-order valence-electron chi connectivity index (χ3n) is 11.2. The second-order valence-electron chi connectivity index (χ2n) is 13.3. The maximum atomic E-state index is 11.8. The van der Waals surface area contributed by atoms with Crippen molar-refractivity contribution < 1.29 is 15.0 Å². The molecule has 3 aliphatic heterocycles. The molecule has 0 aromatic heterocycles. The van der Waals surface area contributed by atoms with Crippen molar-refractivity contribution in [2.75, 3.05) is 6.54 Å². The normalized spacial score (nSPS) is 43.7. The van der Waals surface area contributed by atoms with Crippen LogP contribution in [0.3, 0.4) is 0 Å². The van der Waals surface area contributed by atoms with Crippen molar-refractivity contribution in [1.29, 1.82) is 0 Å². The summed E-state index contributed by atoms with van der Waals surface area (Å²) in [6.07, 6.45) is 16.6. The minimum absolute atomic E-state index is 0.148. The molecular formula is C32H48N2O3. The van der Waals surface area contributed by atoms with Gasteiger partial charge in [0.05, 0.1) is 6.10 Å². The molecule has 1 unspecified atom stereocenters. The number of hydrogen-bond acceptors (Lipinski definition) is 5. The zero-order chi connectivity index (χ0) is 25.6. The number of unbranched alkanes of at least 4 members (excludes halogenated alkanes) is 2. The van der Waals surface area contributed by atoms with Gasteiger partial charge in [-0.05, 0) is 62.3 Å². The molecule has 3 saturated heterocycles. The first kappa shape index (κ1) is 26.0. The summed E-state index contributed by atoms with van der Waals surface area (Å²) in [5.41, 5.74) is 1.44. The summed E-state index contributed by atoms with van der Waals surface area (Å²) in [5.74, 6) is 2.55. The molecule has 2 aliphatic carbocycles. The maximum absolute atomic E-state index is 11.8. The van der Waals surface area contributed by atoms with E-state index in [0.717, 1.165) is 56.4 Å². The van der Waals surface area contributed by atoms with E-state index in [1.54, 1.807) is 0 Å². The van der Waals surface area contributed by atoms with E-state index in [1.165, 1.54) is 56.9 Å². The molecule has 37 heavy (non-hydrogen) atoms. The van der Waals surface area contributed by atoms with Gasteiger partial charge in [-0.2, -0.15) is 0 Å². The van der Waals surface area contributed by atoms with Crippen LogP contribution in [-0.4, -0.2) is 57.9 Å². The lowest BCUT2D eigenvalue weighted by molar-refractivity contribution is 0.0242. The quantitative estimate of drug-likeness (QED) is 0.241. The smallest absolute Gasteiger partial charge is 0.150 e. The van der Waals surface area contributed by atoms with Crippen LogP contribution in [0.5, 0.6) is 0 Å². The van der Waals surface area contributed by atoms with E-state index in [1.807, 2.05) is 12.1 Å². The number of nitrogens with zero attached hydrogens (tertiary/aromatic N) is 1. The van der Waals surface area contributed by atoms with Crippen LogP contribution in [0.4, 0.5) is 0 Å². The molecule has 0 bridgehead atoms. The van der Waals surface area contributed by atoms with Crippen LogP contribution in [0.25, 0.3) is 0 Å². The zero-order valence-electron chi connectivity index (χ0n) is 22.7. The molecule has 3 N–H and O–H groups in total. The van der Waals surface area contributed by atoms with Gasteiger partial charge in [-0.3, -0.25) is 9.69 Å². The monoisotopic (exact) mass is 508 g/mol. The van der Waals surface area contributed by atoms with Gasteiger partial charge in [0.15, 0.2) is 0 Å². The van der Waals surface area contributed by atoms with E-state index in [9.17, 15) is 15.0 Å². The average molecular weight is 509 g/mol. The molecule has 5 fully saturated rings. The fourth-order valence-corrected chi connectivity index (χ4v) is 9.26. The number of hydrogen-bond donors (Lipinski definition) is 3. The number of piperidine rings is 2. The highest BCUT2D eigenvalue weighted by Gasteiger charge is 2.68. The lowest BCUT2D eigenvalue weighted by Gasteiger charge is -2.40. The van der Waals surface area contributed by atoms with Crippen molar-refractivity contribution >= 4 is 6.29 Å². The Hall–Kier alpha value is -1.27. The van der Waals surface area contributed by atoms with Crippen LogP contribution in [0, 0.1) is 23.7 Å². The highest BCUT2D eigenvalue weighted by atomic mass is 16.3. The topological polar surface area (TPSA) is 72.6 Å². The average Bonchev–Trinajstić information content (AvgIpc) is 3.35. The molecule has 5 aliphatic rings. The minimum Gasteiger partial charge on any atom is -0.393 e. The number of carbonyl (C=O) groups excluding carboxylic acids is 1. The van der Waals surface area contributed by atoms with E-state index in [0.29, 0.717) is 35.9 Å². The molecule has 11 atom stereocenters. The number of nitrogens with one attached hydrogen (secondary N) is 1. The number of carbonyl (C=O) groups is 1. The van der Waals surface area contributed by atoms with Crippen LogP contribution in [0.1, 0.15) is 112 Å². The predicted octanol–water partition coefficient (Wildman–Crippen LogP) is 5.25. The number of fused-ring (bicyclic) bond motifs is 2. The van der Waals surface area contributed by atoms with Crippen molar-refractivity contribution in [3.8, 4) is 0 Å². The first-order chi connectivity index (χ1) is 18.0. The van der Waals surface area contributed by atoms with Crippen molar-refractivity contribution in [2.24, 2.45) is 23.7 Å². The summed E-state index contributed by atoms with van der Waals surface area (Å²) in [4.78, 5) is 13.8. The first-order valence-corrected chi connectivity index (χ1v) is 15.5. The standard InChI is InChI=1S/C32H48N2O3/c1-2-3-4-6-21-7-5-8-24(17-21)31(23-11-9-22(19-35)10-12-23)29-18-26(32(37)20-34(29)32)28-14-13-25-27(33-28)15-16-30(25)36/h9-12,19,21,24-31,33,36-37H,2-8,13-18,20H2,1H3/t21-,24+,25+,26+,27-,28-,29+,30+,31+,32-,34?/m1/s1. The maximum Gasteiger partial charge on any atom is 0.150 e. The number of aliphatic hydroxyl groups excluding tert-OH is 1. The summed E-state index contributed by atoms with van der Waals surface area (Å²) in [7, 11) is 0. The zero-order valence-corrected chi connectivity index (χ0v) is 22.7. The van der Waals surface area contributed by atoms with Crippen molar-refractivity contribution in [3.05, 3.63) is 35.4 Å². The molecule has 5 heteroatoms. The van der Waals surface area contributed by atoms with Crippen LogP contribution in [0.2, 0.25) is 0 Å². The summed E-state index contributed by atoms with van der Waals surface area (Å²) >= 11 is 0. The Morgan fingerprint density at radius 3 is 2.65 bits per heavy atom. The molecule has 0 amide bonds. The molecular weight excluding hydrogens is 460 g/mol. The predicted molar refractivity (Wildman–Crippen MR) is 146 cm³/mol. The fraction of sp³-hybridized carbons (Fsp3) is 0.781. The SMILES string of the molecule is CCCCC[C@@H]1CCC[C@H]([C@H](c2ccc(C=O)cc2)[C@@H]2C[C@@H]([C@H]3CC[C@@H]4[C@@H](O)CC[C@H]4N3)[C@]3(O)CN23)C1. The van der Waals surface area contributed by atoms with Crippen LogP contribution >= 0.6 is 0 Å². The summed E-state index contributed by atoms with van der Waals surface area (Å²) < 4.78 is 0. The Kier molecular flexibility index (Phi) is 7.52. The summed E-state index contributed by atoms with van der Waals surface area (Å²) in [5, 5.41) is 26.1. The Bertz CT molecular complexity index is 936. The fourth-order valence-electron chi connectivity index (χ4n) is 9.26. The van der Waals surface area contributed by atoms with E-state index < -0.39 is 5.72 Å². The number of aldehydes is 1. The summed E-state index contributed by atoms with van der Waals surface area (Å²) in [6, 6.07) is 9.51. The van der Waals surface area contributed by atoms with Gasteiger partial charge in [0.2, 0.25) is 0 Å². The van der Waals surface area contributed by atoms with Crippen molar-refractivity contribution in [3.63, 3.8) is 0 Å². The van der Waals surface area contributed by atoms with E-state index in [4.69, 9.17) is 0 Å². The van der Waals surface area contributed by atoms with Crippen LogP contribution < -0.4 is 5.32 Å². The van der Waals surface area contributed by atoms with Crippen molar-refractivity contribution in [2.45, 2.75) is 126 Å². The Morgan fingerprint density at radius 1 is 1.05 bits per heavy atom. The first-order valence-electron chi connectivity index (χ1n) is 15.5. The van der Waals surface area contributed by atoms with Gasteiger partial charge in [0.1, 0.15) is 12.0 Å². The highest BCUT2D eigenvalue weighted by molar-refractivity contribution is 5.74. The highest BCUT2D eigenvalue weighted by Crippen LogP contribution is 2.57. The van der Waals surface area contributed by atoms with Gasteiger partial charge in [0, 0.05) is 48.0 Å². The molecule has 1 aromatic rings. The molecule has 1 aromatic carbocycles. The minimum atomic E-state index is -0.664. The van der Waals surface area contributed by atoms with Crippen molar-refractivity contribution in [1.82, 2.24) is 10.2 Å². The number of aliphatic hydroxyl groups is 2.